The first kappa shape index (κ1) is 26.6. The minimum absolute atomic E-state index is 0.00423. The number of amides is 1. The van der Waals surface area contributed by atoms with E-state index in [1.54, 1.807) is 17.0 Å². The Balaban J connectivity index is 1.42. The van der Waals surface area contributed by atoms with Gasteiger partial charge in [0.2, 0.25) is 5.95 Å². The lowest BCUT2D eigenvalue weighted by molar-refractivity contribution is 0.0224. The van der Waals surface area contributed by atoms with E-state index in [1.807, 2.05) is 39.0 Å². The summed E-state index contributed by atoms with van der Waals surface area (Å²) in [7, 11) is -3.41. The number of carbonyl (C=O) groups excluding carboxylic acids is 1. The highest BCUT2D eigenvalue weighted by molar-refractivity contribution is 7.90. The molecule has 12 heteroatoms. The van der Waals surface area contributed by atoms with Gasteiger partial charge in [-0.15, -0.1) is 0 Å². The van der Waals surface area contributed by atoms with E-state index in [0.717, 1.165) is 23.1 Å². The van der Waals surface area contributed by atoms with E-state index in [9.17, 15) is 13.2 Å². The van der Waals surface area contributed by atoms with Crippen molar-refractivity contribution in [3.63, 3.8) is 0 Å². The Bertz CT molecular complexity index is 1420. The highest BCUT2D eigenvalue weighted by atomic mass is 35.5. The van der Waals surface area contributed by atoms with Crippen molar-refractivity contribution in [3.8, 4) is 0 Å². The zero-order valence-corrected chi connectivity index (χ0v) is 22.7. The molecule has 3 heterocycles. The maximum absolute atomic E-state index is 12.4. The third-order valence-corrected chi connectivity index (χ3v) is 6.73. The number of sulfone groups is 1. The molecule has 1 amide bonds. The van der Waals surface area contributed by atoms with E-state index in [0.29, 0.717) is 42.0 Å². The Morgan fingerprint density at radius 2 is 1.95 bits per heavy atom. The maximum Gasteiger partial charge on any atom is 0.410 e. The standard InChI is InChI=1S/C25H29ClN6O4S/c1-25(2,3)36-24(33)32-11-10-16-12-18(9-8-17(16)15-32)30-23-28-14-20(26)22(31-23)27-13-19-6-5-7-21(29-19)37(4,34)35/h5-9,12,14H,10-11,13,15H2,1-4H3,(H2,27,28,30,31). The van der Waals surface area contributed by atoms with Crippen molar-refractivity contribution in [2.45, 2.75) is 50.9 Å². The molecule has 0 saturated carbocycles. The van der Waals surface area contributed by atoms with Crippen LogP contribution in [0.3, 0.4) is 0 Å². The molecule has 1 aliphatic rings. The van der Waals surface area contributed by atoms with Gasteiger partial charge in [-0.1, -0.05) is 23.7 Å². The Labute approximate surface area is 221 Å². The van der Waals surface area contributed by atoms with Crippen molar-refractivity contribution in [1.82, 2.24) is 19.9 Å². The topological polar surface area (TPSA) is 126 Å². The molecule has 0 fully saturated rings. The summed E-state index contributed by atoms with van der Waals surface area (Å²) in [5.74, 6) is 0.729. The fourth-order valence-electron chi connectivity index (χ4n) is 3.73. The van der Waals surface area contributed by atoms with Crippen LogP contribution in [-0.4, -0.2) is 52.8 Å². The third-order valence-electron chi connectivity index (χ3n) is 5.47. The molecule has 0 saturated heterocycles. The molecule has 37 heavy (non-hydrogen) atoms. The number of pyridine rings is 1. The largest absolute Gasteiger partial charge is 0.444 e. The summed E-state index contributed by atoms with van der Waals surface area (Å²) in [6.07, 6.45) is 2.99. The average Bonchev–Trinajstić information content (AvgIpc) is 2.82. The average molecular weight is 545 g/mol. The number of hydrogen-bond acceptors (Lipinski definition) is 9. The van der Waals surface area contributed by atoms with Crippen LogP contribution >= 0.6 is 11.6 Å². The molecule has 0 atom stereocenters. The lowest BCUT2D eigenvalue weighted by atomic mass is 9.99. The number of benzene rings is 1. The molecule has 0 spiro atoms. The van der Waals surface area contributed by atoms with Gasteiger partial charge in [0.1, 0.15) is 10.6 Å². The first-order valence-corrected chi connectivity index (χ1v) is 13.9. The van der Waals surface area contributed by atoms with Crippen LogP contribution in [0.15, 0.2) is 47.6 Å². The quantitative estimate of drug-likeness (QED) is 0.458. The van der Waals surface area contributed by atoms with Crippen LogP contribution in [0.5, 0.6) is 0 Å². The highest BCUT2D eigenvalue weighted by Crippen LogP contribution is 2.26. The Hall–Kier alpha value is -3.44. The molecule has 0 bridgehead atoms. The van der Waals surface area contributed by atoms with E-state index >= 15 is 0 Å². The van der Waals surface area contributed by atoms with E-state index in [1.165, 1.54) is 12.3 Å². The highest BCUT2D eigenvalue weighted by Gasteiger charge is 2.25. The zero-order chi connectivity index (χ0) is 26.8. The molecule has 4 rings (SSSR count). The minimum atomic E-state index is -3.41. The molecule has 0 aliphatic carbocycles. The number of carbonyl (C=O) groups is 1. The van der Waals surface area contributed by atoms with Gasteiger partial charge in [0.25, 0.3) is 0 Å². The van der Waals surface area contributed by atoms with Crippen molar-refractivity contribution in [3.05, 3.63) is 64.4 Å². The van der Waals surface area contributed by atoms with Gasteiger partial charge < -0.3 is 20.3 Å². The summed E-state index contributed by atoms with van der Waals surface area (Å²) in [6.45, 7) is 6.86. The monoisotopic (exact) mass is 544 g/mol. The number of fused-ring (bicyclic) bond motifs is 1. The van der Waals surface area contributed by atoms with Crippen LogP contribution in [-0.2, 0) is 34.1 Å². The number of ether oxygens (including phenoxy) is 1. The SMILES string of the molecule is CC(C)(C)OC(=O)N1CCc2cc(Nc3ncc(Cl)c(NCc4cccc(S(C)(=O)=O)n4)n3)ccc2C1. The smallest absolute Gasteiger partial charge is 0.410 e. The first-order chi connectivity index (χ1) is 17.4. The molecule has 0 radical (unpaired) electrons. The fourth-order valence-corrected chi connectivity index (χ4v) is 4.50. The third kappa shape index (κ3) is 7.07. The summed E-state index contributed by atoms with van der Waals surface area (Å²) in [5.41, 5.74) is 3.00. The number of anilines is 3. The number of nitrogens with one attached hydrogen (secondary N) is 2. The summed E-state index contributed by atoms with van der Waals surface area (Å²) in [5, 5.41) is 6.60. The lowest BCUT2D eigenvalue weighted by Gasteiger charge is -2.31. The Morgan fingerprint density at radius 3 is 2.68 bits per heavy atom. The van der Waals surface area contributed by atoms with Gasteiger partial charge in [0.15, 0.2) is 20.7 Å². The van der Waals surface area contributed by atoms with E-state index in [4.69, 9.17) is 16.3 Å². The van der Waals surface area contributed by atoms with Crippen LogP contribution < -0.4 is 10.6 Å². The van der Waals surface area contributed by atoms with E-state index in [2.05, 4.69) is 25.6 Å². The van der Waals surface area contributed by atoms with Gasteiger partial charge in [-0.05, 0) is 62.6 Å². The van der Waals surface area contributed by atoms with Crippen LogP contribution in [0.2, 0.25) is 5.02 Å². The zero-order valence-electron chi connectivity index (χ0n) is 21.1. The Kier molecular flexibility index (Phi) is 7.56. The van der Waals surface area contributed by atoms with Crippen molar-refractivity contribution in [2.24, 2.45) is 0 Å². The molecule has 0 unspecified atom stereocenters. The van der Waals surface area contributed by atoms with Gasteiger partial charge in [-0.3, -0.25) is 0 Å². The van der Waals surface area contributed by atoms with Crippen LogP contribution in [0, 0.1) is 0 Å². The molecule has 1 aromatic carbocycles. The minimum Gasteiger partial charge on any atom is -0.444 e. The second kappa shape index (κ2) is 10.5. The normalized spacial score (nSPS) is 13.6. The molecule has 196 valence electrons. The van der Waals surface area contributed by atoms with E-state index < -0.39 is 15.4 Å². The van der Waals surface area contributed by atoms with Crippen LogP contribution in [0.1, 0.15) is 37.6 Å². The predicted octanol–water partition coefficient (Wildman–Crippen LogP) is 4.58. The summed E-state index contributed by atoms with van der Waals surface area (Å²) in [4.78, 5) is 27.0. The van der Waals surface area contributed by atoms with Crippen molar-refractivity contribution >= 4 is 45.0 Å². The van der Waals surface area contributed by atoms with Gasteiger partial charge in [0.05, 0.1) is 18.4 Å². The van der Waals surface area contributed by atoms with Crippen molar-refractivity contribution in [1.29, 1.82) is 0 Å². The predicted molar refractivity (Wildman–Crippen MR) is 142 cm³/mol. The molecule has 2 aromatic heterocycles. The second-order valence-corrected chi connectivity index (χ2v) is 12.1. The van der Waals surface area contributed by atoms with Crippen molar-refractivity contribution < 1.29 is 17.9 Å². The Morgan fingerprint density at radius 1 is 1.16 bits per heavy atom. The van der Waals surface area contributed by atoms with Gasteiger partial charge in [0, 0.05) is 25.0 Å². The number of hydrogen-bond donors (Lipinski definition) is 2. The first-order valence-electron chi connectivity index (χ1n) is 11.7. The number of halogens is 1. The molecule has 2 N–H and O–H groups in total. The lowest BCUT2D eigenvalue weighted by Crippen LogP contribution is -2.39. The summed E-state index contributed by atoms with van der Waals surface area (Å²) >= 11 is 6.27. The number of rotatable bonds is 6. The van der Waals surface area contributed by atoms with Gasteiger partial charge in [-0.2, -0.15) is 4.98 Å². The molecular formula is C25H29ClN6O4S. The second-order valence-electron chi connectivity index (χ2n) is 9.74. The molecular weight excluding hydrogens is 516 g/mol. The fraction of sp³-hybridized carbons (Fsp3) is 0.360. The van der Waals surface area contributed by atoms with Crippen LogP contribution in [0.25, 0.3) is 0 Å². The summed E-state index contributed by atoms with van der Waals surface area (Å²) in [6, 6.07) is 10.7. The van der Waals surface area contributed by atoms with Crippen LogP contribution in [0.4, 0.5) is 22.2 Å². The van der Waals surface area contributed by atoms with Gasteiger partial charge >= 0.3 is 6.09 Å². The number of aromatic nitrogens is 3. The number of nitrogens with zero attached hydrogens (tertiary/aromatic N) is 4. The van der Waals surface area contributed by atoms with E-state index in [-0.39, 0.29) is 17.7 Å². The van der Waals surface area contributed by atoms with Gasteiger partial charge in [-0.25, -0.2) is 23.2 Å². The van der Waals surface area contributed by atoms with Crippen molar-refractivity contribution in [2.75, 3.05) is 23.4 Å². The molecule has 10 nitrogen and oxygen atoms in total. The maximum atomic E-state index is 12.4. The molecule has 1 aliphatic heterocycles. The molecule has 3 aromatic rings. The summed E-state index contributed by atoms with van der Waals surface area (Å²) < 4.78 is 29.0.